The zero-order valence-corrected chi connectivity index (χ0v) is 18.2. The zero-order valence-electron chi connectivity index (χ0n) is 17.4. The molecule has 3 atom stereocenters. The summed E-state index contributed by atoms with van der Waals surface area (Å²) in [5.41, 5.74) is 2.15. The molecule has 3 aliphatic heterocycles. The summed E-state index contributed by atoms with van der Waals surface area (Å²) in [4.78, 5) is 18.7. The lowest BCUT2D eigenvalue weighted by atomic mass is 9.99. The number of carbonyl (C=O) groups excluding carboxylic acids is 1. The number of amides is 2. The van der Waals surface area contributed by atoms with Crippen molar-refractivity contribution in [2.45, 2.75) is 43.4 Å². The molecule has 0 saturated carbocycles. The minimum absolute atomic E-state index is 0.181. The number of aromatic nitrogens is 1. The van der Waals surface area contributed by atoms with Gasteiger partial charge in [-0.2, -0.15) is 4.31 Å². The van der Waals surface area contributed by atoms with Gasteiger partial charge in [0, 0.05) is 38.6 Å². The first kappa shape index (κ1) is 20.4. The molecule has 8 nitrogen and oxygen atoms in total. The van der Waals surface area contributed by atoms with Gasteiger partial charge in [0.15, 0.2) is 0 Å². The number of nitrogens with zero attached hydrogens (tertiary/aromatic N) is 3. The van der Waals surface area contributed by atoms with Crippen LogP contribution in [-0.4, -0.2) is 65.2 Å². The quantitative estimate of drug-likeness (QED) is 0.778. The molecule has 4 heterocycles. The summed E-state index contributed by atoms with van der Waals surface area (Å²) >= 11 is 0. The number of hydrogen-bond donors (Lipinski definition) is 1. The maximum Gasteiger partial charge on any atom is 0.317 e. The van der Waals surface area contributed by atoms with Crippen LogP contribution in [0.4, 0.5) is 4.79 Å². The van der Waals surface area contributed by atoms with E-state index in [0.29, 0.717) is 19.5 Å². The Balaban J connectivity index is 1.30. The molecule has 2 amide bonds. The van der Waals surface area contributed by atoms with Crippen LogP contribution < -0.4 is 5.32 Å². The van der Waals surface area contributed by atoms with E-state index in [-0.39, 0.29) is 31.8 Å². The topological polar surface area (TPSA) is 91.8 Å². The normalized spacial score (nSPS) is 29.0. The highest BCUT2D eigenvalue weighted by Gasteiger charge is 2.65. The molecule has 3 aliphatic rings. The molecule has 0 unspecified atom stereocenters. The van der Waals surface area contributed by atoms with Crippen molar-refractivity contribution in [3.63, 3.8) is 0 Å². The van der Waals surface area contributed by atoms with E-state index in [2.05, 4.69) is 10.3 Å². The number of carbonyl (C=O) groups is 1. The summed E-state index contributed by atoms with van der Waals surface area (Å²) in [5.74, 6) is 0. The number of likely N-dealkylation sites (tertiary alicyclic amines) is 1. The fourth-order valence-corrected chi connectivity index (χ4v) is 7.32. The van der Waals surface area contributed by atoms with E-state index in [1.165, 1.54) is 4.31 Å². The number of aryl methyl sites for hydroxylation is 1. The number of urea groups is 1. The van der Waals surface area contributed by atoms with E-state index in [1.54, 1.807) is 23.4 Å². The third-order valence-corrected chi connectivity index (χ3v) is 8.89. The van der Waals surface area contributed by atoms with Crippen LogP contribution in [0.2, 0.25) is 0 Å². The largest absolute Gasteiger partial charge is 0.365 e. The fourth-order valence-electron chi connectivity index (χ4n) is 5.03. The van der Waals surface area contributed by atoms with Gasteiger partial charge in [-0.15, -0.1) is 0 Å². The minimum Gasteiger partial charge on any atom is -0.365 e. The van der Waals surface area contributed by atoms with Crippen molar-refractivity contribution >= 4 is 16.1 Å². The highest BCUT2D eigenvalue weighted by atomic mass is 32.2. The summed E-state index contributed by atoms with van der Waals surface area (Å²) < 4.78 is 34.2. The van der Waals surface area contributed by atoms with Crippen LogP contribution in [0.25, 0.3) is 0 Å². The van der Waals surface area contributed by atoms with E-state index >= 15 is 0 Å². The summed E-state index contributed by atoms with van der Waals surface area (Å²) in [6.45, 7) is 3.66. The molecule has 2 bridgehead atoms. The predicted octanol–water partition coefficient (Wildman–Crippen LogP) is 1.66. The molecular weight excluding hydrogens is 416 g/mol. The number of sulfonamides is 1. The van der Waals surface area contributed by atoms with Gasteiger partial charge in [0.25, 0.3) is 0 Å². The molecule has 164 valence electrons. The van der Waals surface area contributed by atoms with Crippen LogP contribution >= 0.6 is 0 Å². The van der Waals surface area contributed by atoms with Crippen LogP contribution in [0.15, 0.2) is 48.8 Å². The molecule has 1 spiro atoms. The highest BCUT2D eigenvalue weighted by Crippen LogP contribution is 2.46. The number of morpholine rings is 1. The maximum absolute atomic E-state index is 13.2. The van der Waals surface area contributed by atoms with Crippen molar-refractivity contribution in [1.82, 2.24) is 19.5 Å². The molecule has 1 aromatic heterocycles. The van der Waals surface area contributed by atoms with E-state index in [1.807, 2.05) is 37.3 Å². The lowest BCUT2D eigenvalue weighted by molar-refractivity contribution is -0.0958. The molecule has 31 heavy (non-hydrogen) atoms. The zero-order chi connectivity index (χ0) is 21.6. The molecule has 9 heteroatoms. The number of benzene rings is 1. The van der Waals surface area contributed by atoms with Crippen LogP contribution in [0.5, 0.6) is 0 Å². The Morgan fingerprint density at radius 2 is 2.10 bits per heavy atom. The van der Waals surface area contributed by atoms with Gasteiger partial charge >= 0.3 is 6.03 Å². The monoisotopic (exact) mass is 442 g/mol. The van der Waals surface area contributed by atoms with Gasteiger partial charge in [-0.25, -0.2) is 13.2 Å². The van der Waals surface area contributed by atoms with Crippen LogP contribution in [0.1, 0.15) is 23.1 Å². The minimum atomic E-state index is -3.51. The Hall–Kier alpha value is -2.49. The van der Waals surface area contributed by atoms with Gasteiger partial charge in [-0.05, 0) is 36.1 Å². The standard InChI is InChI=1S/C22H26N4O4S/c1-16-5-2-3-7-18(16)11-24-21(27)25-13-19-9-20-22(14-25,30-19)15-26(31(20,28)29)12-17-6-4-8-23-10-17/h2-8,10,19-20H,9,11-15H2,1H3,(H,24,27)/t19-,20+,22+/m0/s1. The smallest absolute Gasteiger partial charge is 0.317 e. The molecule has 1 N–H and O–H groups in total. The molecule has 3 fully saturated rings. The molecule has 0 radical (unpaired) electrons. The Morgan fingerprint density at radius 3 is 2.87 bits per heavy atom. The molecular formula is C22H26N4O4S. The van der Waals surface area contributed by atoms with E-state index in [9.17, 15) is 13.2 Å². The first-order chi connectivity index (χ1) is 14.9. The first-order valence-electron chi connectivity index (χ1n) is 10.5. The Labute approximate surface area is 182 Å². The average Bonchev–Trinajstić information content (AvgIpc) is 3.12. The van der Waals surface area contributed by atoms with Gasteiger partial charge in [0.1, 0.15) is 10.9 Å². The number of ether oxygens (including phenoxy) is 1. The summed E-state index contributed by atoms with van der Waals surface area (Å²) in [6, 6.07) is 11.4. The van der Waals surface area contributed by atoms with Crippen LogP contribution in [0, 0.1) is 6.92 Å². The number of pyridine rings is 1. The molecule has 5 rings (SSSR count). The lowest BCUT2D eigenvalue weighted by Gasteiger charge is -2.39. The van der Waals surface area contributed by atoms with Gasteiger partial charge in [-0.3, -0.25) is 4.98 Å². The highest BCUT2D eigenvalue weighted by molar-refractivity contribution is 7.90. The van der Waals surface area contributed by atoms with Crippen molar-refractivity contribution in [2.24, 2.45) is 0 Å². The summed E-state index contributed by atoms with van der Waals surface area (Å²) in [5, 5.41) is 2.37. The van der Waals surface area contributed by atoms with Crippen LogP contribution in [-0.2, 0) is 27.8 Å². The third kappa shape index (κ3) is 3.60. The van der Waals surface area contributed by atoms with E-state index < -0.39 is 20.9 Å². The number of hydrogen-bond acceptors (Lipinski definition) is 5. The second-order valence-corrected chi connectivity index (χ2v) is 10.8. The lowest BCUT2D eigenvalue weighted by Crippen LogP contribution is -2.58. The molecule has 2 aromatic rings. The van der Waals surface area contributed by atoms with Crippen molar-refractivity contribution in [1.29, 1.82) is 0 Å². The number of nitrogens with one attached hydrogen (secondary N) is 1. The Bertz CT molecular complexity index is 1090. The fraction of sp³-hybridized carbons (Fsp3) is 0.455. The van der Waals surface area contributed by atoms with Gasteiger partial charge in [0.05, 0.1) is 12.6 Å². The first-order valence-corrected chi connectivity index (χ1v) is 12.0. The molecule has 1 aromatic carbocycles. The van der Waals surface area contributed by atoms with Gasteiger partial charge < -0.3 is 15.0 Å². The van der Waals surface area contributed by atoms with Crippen molar-refractivity contribution in [3.8, 4) is 0 Å². The van der Waals surface area contributed by atoms with E-state index in [0.717, 1.165) is 16.7 Å². The third-order valence-electron chi connectivity index (χ3n) is 6.57. The Kier molecular flexibility index (Phi) is 4.99. The Morgan fingerprint density at radius 1 is 1.26 bits per heavy atom. The average molecular weight is 443 g/mol. The van der Waals surface area contributed by atoms with Crippen LogP contribution in [0.3, 0.4) is 0 Å². The predicted molar refractivity (Wildman–Crippen MR) is 115 cm³/mol. The van der Waals surface area contributed by atoms with Gasteiger partial charge in [-0.1, -0.05) is 30.3 Å². The molecule has 3 saturated heterocycles. The second-order valence-electron chi connectivity index (χ2n) is 8.67. The summed E-state index contributed by atoms with van der Waals surface area (Å²) in [6.07, 6.45) is 3.51. The van der Waals surface area contributed by atoms with E-state index in [4.69, 9.17) is 4.74 Å². The second kappa shape index (κ2) is 7.58. The SMILES string of the molecule is Cc1ccccc1CNC(=O)N1C[C@@H]2C[C@@H]3[C@@](C1)(CN(Cc1cccnc1)S3(=O)=O)O2. The molecule has 0 aliphatic carbocycles. The number of fused-ring (bicyclic) bond motifs is 1. The maximum atomic E-state index is 13.2. The van der Waals surface area contributed by atoms with Crippen molar-refractivity contribution < 1.29 is 17.9 Å². The van der Waals surface area contributed by atoms with Gasteiger partial charge in [0.2, 0.25) is 10.0 Å². The summed E-state index contributed by atoms with van der Waals surface area (Å²) in [7, 11) is -3.51. The van der Waals surface area contributed by atoms with Crippen molar-refractivity contribution in [2.75, 3.05) is 19.6 Å². The number of rotatable bonds is 4. The van der Waals surface area contributed by atoms with Crippen molar-refractivity contribution in [3.05, 3.63) is 65.5 Å².